The van der Waals surface area contributed by atoms with Crippen LogP contribution in [0.15, 0.2) is 71.7 Å². The molecule has 0 radical (unpaired) electrons. The number of pyridine rings is 2. The number of rotatable bonds is 4. The summed E-state index contributed by atoms with van der Waals surface area (Å²) >= 11 is 0. The number of carbonyl (C=O) groups is 1. The molecule has 2 aromatic heterocycles. The largest absolute Gasteiger partial charge is 0.573 e. The summed E-state index contributed by atoms with van der Waals surface area (Å²) in [6.45, 7) is 0. The first kappa shape index (κ1) is 20.1. The Bertz CT molecular complexity index is 1330. The fraction of sp³-hybridized carbons (Fsp3) is 0.0455. The maximum absolute atomic E-state index is 12.7. The summed E-state index contributed by atoms with van der Waals surface area (Å²) < 4.78 is 40.7. The molecular formula is C22H13F3N2O4. The number of aromatic nitrogens is 2. The van der Waals surface area contributed by atoms with Gasteiger partial charge >= 0.3 is 12.3 Å². The lowest BCUT2D eigenvalue weighted by atomic mass is 10.0. The first-order valence-corrected chi connectivity index (χ1v) is 8.94. The van der Waals surface area contributed by atoms with Gasteiger partial charge in [-0.1, -0.05) is 12.1 Å². The van der Waals surface area contributed by atoms with Gasteiger partial charge < -0.3 is 14.8 Å². The van der Waals surface area contributed by atoms with Crippen LogP contribution in [0.3, 0.4) is 0 Å². The summed E-state index contributed by atoms with van der Waals surface area (Å²) in [7, 11) is 0. The fourth-order valence-electron chi connectivity index (χ4n) is 3.20. The topological polar surface area (TPSA) is 92.3 Å². The normalized spacial score (nSPS) is 11.5. The number of H-pyrrole nitrogens is 1. The molecule has 0 atom stereocenters. The Labute approximate surface area is 172 Å². The highest BCUT2D eigenvalue weighted by Gasteiger charge is 2.31. The summed E-state index contributed by atoms with van der Waals surface area (Å²) in [6.07, 6.45) is -3.39. The van der Waals surface area contributed by atoms with Gasteiger partial charge in [-0.2, -0.15) is 0 Å². The lowest BCUT2D eigenvalue weighted by Gasteiger charge is -2.10. The van der Waals surface area contributed by atoms with Crippen molar-refractivity contribution in [1.29, 1.82) is 0 Å². The van der Waals surface area contributed by atoms with Crippen molar-refractivity contribution in [3.05, 3.63) is 82.6 Å². The third kappa shape index (κ3) is 4.11. The molecule has 31 heavy (non-hydrogen) atoms. The van der Waals surface area contributed by atoms with Crippen molar-refractivity contribution in [2.75, 3.05) is 0 Å². The number of hydrogen-bond donors (Lipinski definition) is 2. The minimum atomic E-state index is -4.78. The van der Waals surface area contributed by atoms with E-state index in [1.54, 1.807) is 30.3 Å². The SMILES string of the molecule is O=C(O)c1c(-c2ccc(-c3ccc(OC(F)(F)F)cc3)nc2)[nH]c2ccccc2c1=O. The van der Waals surface area contributed by atoms with E-state index < -0.39 is 23.3 Å². The number of aromatic amines is 1. The quantitative estimate of drug-likeness (QED) is 0.487. The van der Waals surface area contributed by atoms with Crippen molar-refractivity contribution in [2.24, 2.45) is 0 Å². The summed E-state index contributed by atoms with van der Waals surface area (Å²) in [5, 5.41) is 9.83. The second-order valence-corrected chi connectivity index (χ2v) is 6.56. The number of ether oxygens (including phenoxy) is 1. The molecule has 0 aliphatic carbocycles. The smallest absolute Gasteiger partial charge is 0.477 e. The Hall–Kier alpha value is -4.14. The second kappa shape index (κ2) is 7.60. The molecule has 0 unspecified atom stereocenters. The van der Waals surface area contributed by atoms with E-state index in [-0.39, 0.29) is 16.8 Å². The molecule has 0 saturated carbocycles. The number of aromatic carboxylic acids is 1. The fourth-order valence-corrected chi connectivity index (χ4v) is 3.20. The van der Waals surface area contributed by atoms with Crippen molar-refractivity contribution in [1.82, 2.24) is 9.97 Å². The van der Waals surface area contributed by atoms with Gasteiger partial charge in [0.2, 0.25) is 5.43 Å². The summed E-state index contributed by atoms with van der Waals surface area (Å²) in [4.78, 5) is 31.7. The Balaban J connectivity index is 1.72. The molecule has 9 heteroatoms. The van der Waals surface area contributed by atoms with Crippen LogP contribution in [-0.2, 0) is 0 Å². The molecule has 0 saturated heterocycles. The van der Waals surface area contributed by atoms with Crippen molar-refractivity contribution in [3.8, 4) is 28.3 Å². The number of fused-ring (bicyclic) bond motifs is 1. The van der Waals surface area contributed by atoms with E-state index in [0.29, 0.717) is 22.3 Å². The van der Waals surface area contributed by atoms with Gasteiger partial charge in [-0.05, 0) is 48.5 Å². The van der Waals surface area contributed by atoms with E-state index in [0.717, 1.165) is 0 Å². The second-order valence-electron chi connectivity index (χ2n) is 6.56. The number of alkyl halides is 3. The third-order valence-electron chi connectivity index (χ3n) is 4.56. The molecule has 0 amide bonds. The molecule has 4 rings (SSSR count). The van der Waals surface area contributed by atoms with Crippen LogP contribution in [0, 0.1) is 0 Å². The maximum atomic E-state index is 12.7. The Kier molecular flexibility index (Phi) is 4.94. The predicted octanol–water partition coefficient (Wildman–Crippen LogP) is 4.85. The van der Waals surface area contributed by atoms with Crippen LogP contribution in [0.5, 0.6) is 5.75 Å². The zero-order valence-corrected chi connectivity index (χ0v) is 15.6. The van der Waals surface area contributed by atoms with Gasteiger partial charge in [-0.25, -0.2) is 4.79 Å². The van der Waals surface area contributed by atoms with Crippen molar-refractivity contribution < 1.29 is 27.8 Å². The highest BCUT2D eigenvalue weighted by molar-refractivity contribution is 5.99. The van der Waals surface area contributed by atoms with E-state index in [2.05, 4.69) is 14.7 Å². The van der Waals surface area contributed by atoms with Crippen LogP contribution in [0.4, 0.5) is 13.2 Å². The average molecular weight is 426 g/mol. The molecular weight excluding hydrogens is 413 g/mol. The Morgan fingerprint density at radius 2 is 1.65 bits per heavy atom. The Morgan fingerprint density at radius 3 is 2.26 bits per heavy atom. The monoisotopic (exact) mass is 426 g/mol. The molecule has 2 N–H and O–H groups in total. The number of halogens is 3. The number of para-hydroxylation sites is 1. The van der Waals surface area contributed by atoms with E-state index in [9.17, 15) is 27.9 Å². The van der Waals surface area contributed by atoms with Crippen LogP contribution < -0.4 is 10.2 Å². The highest BCUT2D eigenvalue weighted by Crippen LogP contribution is 2.27. The zero-order chi connectivity index (χ0) is 22.2. The van der Waals surface area contributed by atoms with Crippen molar-refractivity contribution in [3.63, 3.8) is 0 Å². The highest BCUT2D eigenvalue weighted by atomic mass is 19.4. The van der Waals surface area contributed by atoms with Gasteiger partial charge in [0.05, 0.1) is 11.4 Å². The maximum Gasteiger partial charge on any atom is 0.573 e. The molecule has 0 fully saturated rings. The molecule has 4 aromatic rings. The van der Waals surface area contributed by atoms with E-state index in [1.807, 2.05) is 0 Å². The van der Waals surface area contributed by atoms with Gasteiger partial charge in [0.15, 0.2) is 0 Å². The van der Waals surface area contributed by atoms with Crippen LogP contribution in [0.1, 0.15) is 10.4 Å². The van der Waals surface area contributed by atoms with E-state index in [4.69, 9.17) is 0 Å². The van der Waals surface area contributed by atoms with Crippen molar-refractivity contribution in [2.45, 2.75) is 6.36 Å². The van der Waals surface area contributed by atoms with E-state index >= 15 is 0 Å². The minimum absolute atomic E-state index is 0.115. The number of nitrogens with one attached hydrogen (secondary N) is 1. The van der Waals surface area contributed by atoms with Crippen LogP contribution in [0.2, 0.25) is 0 Å². The van der Waals surface area contributed by atoms with Gasteiger partial charge in [0.25, 0.3) is 0 Å². The Morgan fingerprint density at radius 1 is 0.968 bits per heavy atom. The summed E-state index contributed by atoms with van der Waals surface area (Å²) in [5.41, 5.74) is 0.943. The molecule has 0 bridgehead atoms. The molecule has 0 aliphatic rings. The standard InChI is InChI=1S/C22H13F3N2O4/c23-22(24,25)31-14-8-5-12(6-9-14)16-10-7-13(11-26-16)19-18(21(29)30)20(28)15-3-1-2-4-17(15)27-19/h1-11H,(H,27,28)(H,29,30). The van der Waals surface area contributed by atoms with Crippen molar-refractivity contribution >= 4 is 16.9 Å². The van der Waals surface area contributed by atoms with Crippen LogP contribution in [-0.4, -0.2) is 27.4 Å². The van der Waals surface area contributed by atoms with Gasteiger partial charge in [0.1, 0.15) is 11.3 Å². The van der Waals surface area contributed by atoms with Gasteiger partial charge in [0, 0.05) is 28.2 Å². The number of hydrogen-bond acceptors (Lipinski definition) is 4. The number of carboxylic acid groups (broad SMARTS) is 1. The molecule has 6 nitrogen and oxygen atoms in total. The first-order valence-electron chi connectivity index (χ1n) is 8.94. The first-order chi connectivity index (χ1) is 14.7. The zero-order valence-electron chi connectivity index (χ0n) is 15.6. The summed E-state index contributed by atoms with van der Waals surface area (Å²) in [5.74, 6) is -1.72. The number of benzene rings is 2. The minimum Gasteiger partial charge on any atom is -0.477 e. The molecule has 0 aliphatic heterocycles. The predicted molar refractivity (Wildman–Crippen MR) is 107 cm³/mol. The summed E-state index contributed by atoms with van der Waals surface area (Å²) in [6, 6.07) is 14.9. The van der Waals surface area contributed by atoms with Gasteiger partial charge in [-0.3, -0.25) is 9.78 Å². The van der Waals surface area contributed by atoms with Gasteiger partial charge in [-0.15, -0.1) is 13.2 Å². The lowest BCUT2D eigenvalue weighted by Crippen LogP contribution is -2.18. The average Bonchev–Trinajstić information content (AvgIpc) is 2.73. The molecule has 2 heterocycles. The van der Waals surface area contributed by atoms with Crippen LogP contribution >= 0.6 is 0 Å². The third-order valence-corrected chi connectivity index (χ3v) is 4.56. The van der Waals surface area contributed by atoms with Crippen LogP contribution in [0.25, 0.3) is 33.4 Å². The molecule has 156 valence electrons. The molecule has 2 aromatic carbocycles. The number of nitrogens with zero attached hydrogens (tertiary/aromatic N) is 1. The molecule has 0 spiro atoms. The lowest BCUT2D eigenvalue weighted by molar-refractivity contribution is -0.274. The number of carboxylic acids is 1. The van der Waals surface area contributed by atoms with E-state index in [1.165, 1.54) is 36.5 Å².